The zero-order valence-corrected chi connectivity index (χ0v) is 13.8. The van der Waals surface area contributed by atoms with Crippen LogP contribution in [0.4, 0.5) is 8.78 Å². The van der Waals surface area contributed by atoms with Crippen LogP contribution in [0, 0.1) is 25.5 Å². The molecule has 0 radical (unpaired) electrons. The third-order valence-electron chi connectivity index (χ3n) is 3.70. The molecule has 0 bridgehead atoms. The maximum atomic E-state index is 14.3. The maximum absolute atomic E-state index is 14.3. The van der Waals surface area contributed by atoms with Crippen LogP contribution in [-0.2, 0) is 11.3 Å². The lowest BCUT2D eigenvalue weighted by molar-refractivity contribution is -0.122. The molecule has 0 spiro atoms. The summed E-state index contributed by atoms with van der Waals surface area (Å²) in [5.41, 5.74) is 2.36. The van der Waals surface area contributed by atoms with Crippen molar-refractivity contribution in [2.24, 2.45) is 0 Å². The Kier molecular flexibility index (Phi) is 5.94. The minimum Gasteiger partial charge on any atom is -0.483 e. The van der Waals surface area contributed by atoms with Gasteiger partial charge in [0.15, 0.2) is 0 Å². The van der Waals surface area contributed by atoms with Gasteiger partial charge >= 0.3 is 0 Å². The normalized spacial score (nSPS) is 10.1. The third kappa shape index (κ3) is 4.06. The summed E-state index contributed by atoms with van der Waals surface area (Å²) in [5.74, 6) is -0.893. The maximum Gasteiger partial charge on any atom is 0.290 e. The molecule has 3 rings (SSSR count). The van der Waals surface area contributed by atoms with Gasteiger partial charge in [-0.05, 0) is 42.7 Å². The number of rotatable bonds is 3. The zero-order chi connectivity index (χ0) is 18.4. The number of carbonyl (C=O) groups is 1. The van der Waals surface area contributed by atoms with Crippen LogP contribution >= 0.6 is 0 Å². The van der Waals surface area contributed by atoms with E-state index in [0.29, 0.717) is 12.1 Å². The fraction of sp³-hybridized carbons (Fsp3) is 0.167. The van der Waals surface area contributed by atoms with E-state index in [-0.39, 0.29) is 17.9 Å². The topological polar surface area (TPSA) is 68.0 Å². The Morgan fingerprint density at radius 1 is 1.16 bits per heavy atom. The number of nitrogens with zero attached hydrogens (tertiary/aromatic N) is 3. The average molecular weight is 345 g/mol. The van der Waals surface area contributed by atoms with Gasteiger partial charge in [0.1, 0.15) is 17.5 Å². The molecule has 0 aliphatic heterocycles. The highest BCUT2D eigenvalue weighted by atomic mass is 19.1. The van der Waals surface area contributed by atoms with Crippen LogP contribution in [0.2, 0.25) is 0 Å². The van der Waals surface area contributed by atoms with E-state index < -0.39 is 11.6 Å². The van der Waals surface area contributed by atoms with Gasteiger partial charge in [-0.15, -0.1) is 0 Å². The third-order valence-corrected chi connectivity index (χ3v) is 3.70. The van der Waals surface area contributed by atoms with Crippen LogP contribution in [0.25, 0.3) is 11.4 Å². The van der Waals surface area contributed by atoms with E-state index in [4.69, 9.17) is 9.90 Å². The molecule has 0 fully saturated rings. The molecule has 0 aliphatic rings. The fourth-order valence-corrected chi connectivity index (χ4v) is 2.39. The summed E-state index contributed by atoms with van der Waals surface area (Å²) in [6.45, 7) is 3.79. The average Bonchev–Trinajstić information content (AvgIpc) is 3.02. The fourth-order valence-electron chi connectivity index (χ4n) is 2.39. The molecule has 0 unspecified atom stereocenters. The van der Waals surface area contributed by atoms with Gasteiger partial charge in [-0.2, -0.15) is 0 Å². The van der Waals surface area contributed by atoms with Gasteiger partial charge < -0.3 is 9.67 Å². The molecule has 0 atom stereocenters. The van der Waals surface area contributed by atoms with Gasteiger partial charge in [-0.3, -0.25) is 9.78 Å². The molecule has 0 aliphatic carbocycles. The van der Waals surface area contributed by atoms with Gasteiger partial charge in [0.25, 0.3) is 6.47 Å². The Morgan fingerprint density at radius 2 is 1.88 bits per heavy atom. The van der Waals surface area contributed by atoms with Gasteiger partial charge in [0.05, 0.1) is 5.56 Å². The molecule has 5 nitrogen and oxygen atoms in total. The van der Waals surface area contributed by atoms with Gasteiger partial charge in [-0.1, -0.05) is 6.07 Å². The number of aromatic nitrogens is 3. The Labute approximate surface area is 143 Å². The van der Waals surface area contributed by atoms with Crippen molar-refractivity contribution in [3.8, 4) is 11.4 Å². The molecule has 0 amide bonds. The van der Waals surface area contributed by atoms with E-state index in [1.807, 2.05) is 13.0 Å². The molecule has 25 heavy (non-hydrogen) atoms. The van der Waals surface area contributed by atoms with E-state index in [1.165, 1.54) is 12.1 Å². The molecule has 1 aromatic carbocycles. The number of carboxylic acid groups (broad SMARTS) is 1. The van der Waals surface area contributed by atoms with Crippen molar-refractivity contribution in [3.05, 3.63) is 71.3 Å². The molecule has 2 aromatic heterocycles. The molecule has 2 heterocycles. The van der Waals surface area contributed by atoms with Gasteiger partial charge in [-0.25, -0.2) is 13.8 Å². The van der Waals surface area contributed by atoms with E-state index in [9.17, 15) is 8.78 Å². The molecular formula is C18H17F2N3O2. The first-order valence-corrected chi connectivity index (χ1v) is 7.43. The lowest BCUT2D eigenvalue weighted by atomic mass is 10.1. The van der Waals surface area contributed by atoms with Gasteiger partial charge in [0, 0.05) is 31.3 Å². The van der Waals surface area contributed by atoms with E-state index in [0.717, 1.165) is 11.1 Å². The second-order valence-corrected chi connectivity index (χ2v) is 5.34. The molecule has 7 heteroatoms. The highest BCUT2D eigenvalue weighted by Gasteiger charge is 2.18. The number of aryl methyl sites for hydroxylation is 2. The molecule has 3 aromatic rings. The summed E-state index contributed by atoms with van der Waals surface area (Å²) in [7, 11) is 0. The van der Waals surface area contributed by atoms with Crippen molar-refractivity contribution < 1.29 is 18.7 Å². The first-order chi connectivity index (χ1) is 12.0. The predicted octanol–water partition coefficient (Wildman–Crippen LogP) is 3.59. The van der Waals surface area contributed by atoms with E-state index in [1.54, 1.807) is 36.3 Å². The second kappa shape index (κ2) is 8.14. The Morgan fingerprint density at radius 3 is 2.56 bits per heavy atom. The molecular weight excluding hydrogens is 328 g/mol. The minimum atomic E-state index is -0.609. The standard InChI is InChI=1S/C17H15F2N3.CH2O2/c1-11-3-4-14(18)15(16(11)19)17-21-7-8-22(17)10-13-5-6-20-9-12(13)2;2-1-3/h3-9H,10H2,1-2H3;1H,(H,2,3). The minimum absolute atomic E-state index is 0.0864. The first kappa shape index (κ1) is 18.3. The Balaban J connectivity index is 0.000000701. The lowest BCUT2D eigenvalue weighted by Crippen LogP contribution is -2.05. The van der Waals surface area contributed by atoms with Crippen LogP contribution in [-0.4, -0.2) is 26.1 Å². The zero-order valence-electron chi connectivity index (χ0n) is 13.8. The number of imidazole rings is 1. The monoisotopic (exact) mass is 345 g/mol. The molecule has 1 N–H and O–H groups in total. The summed E-state index contributed by atoms with van der Waals surface area (Å²) < 4.78 is 30.1. The van der Waals surface area contributed by atoms with Crippen molar-refractivity contribution in [3.63, 3.8) is 0 Å². The quantitative estimate of drug-likeness (QED) is 0.737. The van der Waals surface area contributed by atoms with E-state index >= 15 is 0 Å². The SMILES string of the molecule is Cc1cnccc1Cn1ccnc1-c1c(F)ccc(C)c1F.O=CO. The van der Waals surface area contributed by atoms with Gasteiger partial charge in [0.2, 0.25) is 0 Å². The first-order valence-electron chi connectivity index (χ1n) is 7.43. The van der Waals surface area contributed by atoms with Crippen LogP contribution in [0.3, 0.4) is 0 Å². The predicted molar refractivity (Wildman–Crippen MR) is 89.1 cm³/mol. The lowest BCUT2D eigenvalue weighted by Gasteiger charge is -2.12. The number of hydrogen-bond donors (Lipinski definition) is 1. The van der Waals surface area contributed by atoms with Crippen molar-refractivity contribution in [1.82, 2.24) is 14.5 Å². The number of halogens is 2. The molecule has 0 saturated heterocycles. The van der Waals surface area contributed by atoms with Crippen LogP contribution < -0.4 is 0 Å². The number of pyridine rings is 1. The Hall–Kier alpha value is -3.09. The van der Waals surface area contributed by atoms with E-state index in [2.05, 4.69) is 9.97 Å². The van der Waals surface area contributed by atoms with Crippen molar-refractivity contribution in [2.75, 3.05) is 0 Å². The second-order valence-electron chi connectivity index (χ2n) is 5.34. The van der Waals surface area contributed by atoms with Crippen LogP contribution in [0.5, 0.6) is 0 Å². The summed E-state index contributed by atoms with van der Waals surface area (Å²) >= 11 is 0. The number of benzene rings is 1. The van der Waals surface area contributed by atoms with Crippen molar-refractivity contribution in [2.45, 2.75) is 20.4 Å². The van der Waals surface area contributed by atoms with Crippen molar-refractivity contribution >= 4 is 6.47 Å². The van der Waals surface area contributed by atoms with Crippen molar-refractivity contribution in [1.29, 1.82) is 0 Å². The summed E-state index contributed by atoms with van der Waals surface area (Å²) in [4.78, 5) is 16.6. The molecule has 0 saturated carbocycles. The highest BCUT2D eigenvalue weighted by Crippen LogP contribution is 2.27. The highest BCUT2D eigenvalue weighted by molar-refractivity contribution is 5.59. The summed E-state index contributed by atoms with van der Waals surface area (Å²) in [5, 5.41) is 6.89. The Bertz CT molecular complexity index is 879. The van der Waals surface area contributed by atoms with Crippen LogP contribution in [0.15, 0.2) is 43.0 Å². The largest absolute Gasteiger partial charge is 0.483 e. The molecule has 130 valence electrons. The summed E-state index contributed by atoms with van der Waals surface area (Å²) in [6.07, 6.45) is 6.73. The smallest absolute Gasteiger partial charge is 0.290 e. The summed E-state index contributed by atoms with van der Waals surface area (Å²) in [6, 6.07) is 4.58. The number of hydrogen-bond acceptors (Lipinski definition) is 3. The van der Waals surface area contributed by atoms with Crippen LogP contribution in [0.1, 0.15) is 16.7 Å².